The molecule has 354 valence electrons. The summed E-state index contributed by atoms with van der Waals surface area (Å²) in [6.45, 7) is 13.1. The van der Waals surface area contributed by atoms with Crippen LogP contribution in [0.1, 0.15) is 64.8 Å². The fraction of sp³-hybridized carbons (Fsp3) is 0.512. The molecule has 0 saturated carbocycles. The summed E-state index contributed by atoms with van der Waals surface area (Å²) in [6, 6.07) is 7.18. The molecule has 2 fully saturated rings. The van der Waals surface area contributed by atoms with Crippen molar-refractivity contribution in [2.24, 2.45) is 0 Å². The summed E-state index contributed by atoms with van der Waals surface area (Å²) >= 11 is 2.01. The number of rotatable bonds is 17. The molecule has 4 aromatic heterocycles. The van der Waals surface area contributed by atoms with Gasteiger partial charge in [-0.1, -0.05) is 0 Å². The van der Waals surface area contributed by atoms with Crippen LogP contribution in [0.25, 0.3) is 0 Å². The highest BCUT2D eigenvalue weighted by Crippen LogP contribution is 2.37. The summed E-state index contributed by atoms with van der Waals surface area (Å²) in [5.41, 5.74) is 2.82. The number of carbonyl (C=O) groups excluding carboxylic acids is 2. The molecule has 2 amide bonds. The number of hydrogen-bond acceptors (Lipinski definition) is 22. The number of carbonyl (C=O) groups is 2. The van der Waals surface area contributed by atoms with Gasteiger partial charge in [-0.25, -0.2) is 39.3 Å². The first-order valence-corrected chi connectivity index (χ1v) is 22.2. The first-order chi connectivity index (χ1) is 31.3. The maximum absolute atomic E-state index is 12.1. The molecule has 0 atom stereocenters. The van der Waals surface area contributed by atoms with Gasteiger partial charge in [-0.05, 0) is 65.8 Å². The van der Waals surface area contributed by atoms with E-state index in [1.807, 2.05) is 47.6 Å². The van der Waals surface area contributed by atoms with Crippen LogP contribution in [0.2, 0.25) is 0 Å². The molecule has 2 aliphatic heterocycles. The number of pyridine rings is 2. The topological polar surface area (TPSA) is 245 Å². The van der Waals surface area contributed by atoms with Crippen LogP contribution < -0.4 is 24.8 Å². The van der Waals surface area contributed by atoms with Crippen LogP contribution in [0.3, 0.4) is 0 Å². The molecular formula is C41H56N10O12S2. The average molecular weight is 945 g/mol. The SMILES string of the molecule is COOSc1ccc(Nc2ncnc(OC3CCN(C(=O)OC(C)C)CC3)c2O)c(C)n1.COOSc1ccc(Nc2ncnc(OC3CCN(C(=O)OC(C)C)CC3)c2OC)c(C)n1. The molecule has 0 radical (unpaired) electrons. The highest BCUT2D eigenvalue weighted by Gasteiger charge is 2.29. The third kappa shape index (κ3) is 15.2. The van der Waals surface area contributed by atoms with Crippen molar-refractivity contribution in [2.75, 3.05) is 58.1 Å². The Morgan fingerprint density at radius 1 is 0.662 bits per heavy atom. The molecule has 3 N–H and O–H groups in total. The second kappa shape index (κ2) is 25.1. The van der Waals surface area contributed by atoms with Crippen LogP contribution in [0.4, 0.5) is 32.6 Å². The van der Waals surface area contributed by atoms with Crippen molar-refractivity contribution in [2.45, 2.75) is 102 Å². The van der Waals surface area contributed by atoms with Crippen LogP contribution in [-0.4, -0.2) is 129 Å². The van der Waals surface area contributed by atoms with Crippen molar-refractivity contribution in [1.29, 1.82) is 0 Å². The molecule has 24 heteroatoms. The van der Waals surface area contributed by atoms with Gasteiger partial charge in [0.1, 0.15) is 34.9 Å². The minimum atomic E-state index is -0.322. The molecule has 6 rings (SSSR count). The van der Waals surface area contributed by atoms with Crippen LogP contribution >= 0.6 is 24.1 Å². The smallest absolute Gasteiger partial charge is 0.410 e. The zero-order valence-corrected chi connectivity index (χ0v) is 39.4. The zero-order valence-electron chi connectivity index (χ0n) is 37.8. The number of aryl methyl sites for hydroxylation is 2. The number of methoxy groups -OCH3 is 1. The van der Waals surface area contributed by atoms with E-state index >= 15 is 0 Å². The molecule has 4 aromatic rings. The highest BCUT2D eigenvalue weighted by molar-refractivity contribution is 7.94. The van der Waals surface area contributed by atoms with Gasteiger partial charge in [0, 0.05) is 51.9 Å². The normalized spacial score (nSPS) is 14.4. The lowest BCUT2D eigenvalue weighted by Crippen LogP contribution is -2.42. The van der Waals surface area contributed by atoms with Crippen LogP contribution in [0.15, 0.2) is 47.0 Å². The van der Waals surface area contributed by atoms with E-state index in [0.717, 1.165) is 35.5 Å². The first-order valence-electron chi connectivity index (χ1n) is 20.7. The van der Waals surface area contributed by atoms with E-state index in [-0.39, 0.29) is 54.0 Å². The summed E-state index contributed by atoms with van der Waals surface area (Å²) in [5.74, 6) is 1.26. The van der Waals surface area contributed by atoms with Crippen molar-refractivity contribution in [3.05, 3.63) is 48.3 Å². The van der Waals surface area contributed by atoms with E-state index in [0.29, 0.717) is 90.7 Å². The number of nitrogens with zero attached hydrogens (tertiary/aromatic N) is 8. The number of aromatic nitrogens is 6. The summed E-state index contributed by atoms with van der Waals surface area (Å²) in [7, 11) is 4.38. The van der Waals surface area contributed by atoms with Crippen molar-refractivity contribution in [3.8, 4) is 23.3 Å². The molecule has 0 bridgehead atoms. The second-order valence-electron chi connectivity index (χ2n) is 14.9. The Morgan fingerprint density at radius 3 is 1.52 bits per heavy atom. The lowest BCUT2D eigenvalue weighted by Gasteiger charge is -2.31. The van der Waals surface area contributed by atoms with E-state index < -0.39 is 0 Å². The Balaban J connectivity index is 0.000000244. The number of ether oxygens (including phenoxy) is 5. The van der Waals surface area contributed by atoms with Gasteiger partial charge in [0.05, 0.1) is 80.4 Å². The van der Waals surface area contributed by atoms with Gasteiger partial charge < -0.3 is 49.2 Å². The third-order valence-corrected chi connectivity index (χ3v) is 10.6. The average Bonchev–Trinajstić information content (AvgIpc) is 3.28. The lowest BCUT2D eigenvalue weighted by molar-refractivity contribution is -0.160. The maximum atomic E-state index is 12.1. The standard InChI is InChI=1S/C21H29N5O6S.C20H27N5O6S/c1-13(2)30-21(27)26-10-8-15(9-11-26)31-20-18(28-4)19(22-12-23-20)25-16-6-7-17(24-14(16)3)33-32-29-5;1-12(2)29-20(27)25-9-7-14(8-10-25)30-19-17(26)18(21-11-22-19)24-15-5-6-16(23-13(15)3)32-31-28-4/h6-7,12-13,15H,8-11H2,1-5H3,(H,22,23,25);5-6,11-12,14,26H,7-10H2,1-4H3,(H,21,22,24). The van der Waals surface area contributed by atoms with Gasteiger partial charge in [0.2, 0.25) is 11.5 Å². The van der Waals surface area contributed by atoms with E-state index in [2.05, 4.69) is 50.3 Å². The lowest BCUT2D eigenvalue weighted by atomic mass is 10.1. The number of piperidine rings is 2. The summed E-state index contributed by atoms with van der Waals surface area (Å²) in [6.07, 6.45) is 4.04. The van der Waals surface area contributed by atoms with E-state index in [1.54, 1.807) is 28.0 Å². The van der Waals surface area contributed by atoms with Crippen molar-refractivity contribution in [3.63, 3.8) is 0 Å². The number of aromatic hydroxyl groups is 1. The van der Waals surface area contributed by atoms with Gasteiger partial charge in [0.15, 0.2) is 11.6 Å². The van der Waals surface area contributed by atoms with Crippen molar-refractivity contribution >= 4 is 59.3 Å². The predicted molar refractivity (Wildman–Crippen MR) is 238 cm³/mol. The first kappa shape index (κ1) is 50.3. The van der Waals surface area contributed by atoms with Crippen molar-refractivity contribution < 1.29 is 56.8 Å². The van der Waals surface area contributed by atoms with Gasteiger partial charge >= 0.3 is 12.2 Å². The Labute approximate surface area is 386 Å². The Bertz CT molecular complexity index is 2160. The molecule has 0 aliphatic carbocycles. The van der Waals surface area contributed by atoms with E-state index in [4.69, 9.17) is 32.4 Å². The minimum Gasteiger partial charge on any atom is -0.501 e. The molecule has 65 heavy (non-hydrogen) atoms. The number of hydrogen-bond donors (Lipinski definition) is 3. The zero-order chi connectivity index (χ0) is 46.9. The molecule has 6 heterocycles. The Hall–Kier alpha value is -5.66. The quantitative estimate of drug-likeness (QED) is 0.0526. The Kier molecular flexibility index (Phi) is 19.5. The van der Waals surface area contributed by atoms with E-state index in [9.17, 15) is 14.7 Å². The third-order valence-electron chi connectivity index (χ3n) is 9.40. The van der Waals surface area contributed by atoms with E-state index in [1.165, 1.54) is 34.0 Å². The Morgan fingerprint density at radius 2 is 1.09 bits per heavy atom. The predicted octanol–water partition coefficient (Wildman–Crippen LogP) is 7.51. The minimum absolute atomic E-state index is 0.0805. The largest absolute Gasteiger partial charge is 0.501 e. The monoisotopic (exact) mass is 944 g/mol. The molecule has 0 aromatic carbocycles. The second-order valence-corrected chi connectivity index (χ2v) is 16.3. The van der Waals surface area contributed by atoms with Crippen LogP contribution in [0.5, 0.6) is 23.3 Å². The number of nitrogens with one attached hydrogen (secondary N) is 2. The number of anilines is 4. The highest BCUT2D eigenvalue weighted by atomic mass is 32.2. The molecule has 2 aliphatic rings. The summed E-state index contributed by atoms with van der Waals surface area (Å²) in [5, 5.41) is 18.2. The fourth-order valence-corrected chi connectivity index (χ4v) is 7.13. The molecule has 0 unspecified atom stereocenters. The molecule has 22 nitrogen and oxygen atoms in total. The molecule has 2 saturated heterocycles. The van der Waals surface area contributed by atoms with Gasteiger partial charge in [-0.15, -0.1) is 0 Å². The molecule has 0 spiro atoms. The number of amides is 2. The van der Waals surface area contributed by atoms with Crippen molar-refractivity contribution in [1.82, 2.24) is 39.7 Å². The molecular weight excluding hydrogens is 889 g/mol. The fourth-order valence-electron chi connectivity index (χ4n) is 6.26. The van der Waals surface area contributed by atoms with Gasteiger partial charge in [-0.2, -0.15) is 18.6 Å². The maximum Gasteiger partial charge on any atom is 0.410 e. The van der Waals surface area contributed by atoms with Gasteiger partial charge in [0.25, 0.3) is 11.8 Å². The van der Waals surface area contributed by atoms with Gasteiger partial charge in [-0.3, -0.25) is 0 Å². The van der Waals surface area contributed by atoms with Crippen LogP contribution in [0, 0.1) is 13.8 Å². The summed E-state index contributed by atoms with van der Waals surface area (Å²) < 4.78 is 37.7. The number of likely N-dealkylation sites (tertiary alicyclic amines) is 2. The summed E-state index contributed by atoms with van der Waals surface area (Å²) in [4.78, 5) is 62.2. The van der Waals surface area contributed by atoms with Crippen LogP contribution in [-0.2, 0) is 27.9 Å².